The van der Waals surface area contributed by atoms with Gasteiger partial charge in [0.2, 0.25) is 23.0 Å². The smallest absolute Gasteiger partial charge is 0.357 e. The van der Waals surface area contributed by atoms with Crippen LogP contribution in [-0.2, 0) is 20.7 Å². The molecule has 0 aliphatic heterocycles. The van der Waals surface area contributed by atoms with E-state index in [1.807, 2.05) is 19.9 Å². The first-order valence-corrected chi connectivity index (χ1v) is 15.9. The van der Waals surface area contributed by atoms with Crippen LogP contribution in [0.5, 0.6) is 17.2 Å². The Bertz CT molecular complexity index is 1670. The maximum Gasteiger partial charge on any atom is 0.357 e. The van der Waals surface area contributed by atoms with E-state index in [0.717, 1.165) is 22.5 Å². The number of carbonyl (C=O) groups excluding carboxylic acids is 3. The molecule has 2 amide bonds. The molecule has 1 aliphatic carbocycles. The van der Waals surface area contributed by atoms with Gasteiger partial charge in [0, 0.05) is 17.9 Å². The minimum atomic E-state index is -0.813. The third kappa shape index (κ3) is 7.25. The molecule has 0 fully saturated rings. The van der Waals surface area contributed by atoms with E-state index in [0.29, 0.717) is 47.6 Å². The summed E-state index contributed by atoms with van der Waals surface area (Å²) in [6.07, 6.45) is 1.72. The summed E-state index contributed by atoms with van der Waals surface area (Å²) in [6, 6.07) is 5.54. The number of thiazole rings is 1. The predicted molar refractivity (Wildman–Crippen MR) is 176 cm³/mol. The van der Waals surface area contributed by atoms with E-state index in [4.69, 9.17) is 18.9 Å². The van der Waals surface area contributed by atoms with Crippen molar-refractivity contribution in [1.82, 2.24) is 10.3 Å². The number of anilines is 2. The van der Waals surface area contributed by atoms with Gasteiger partial charge in [-0.3, -0.25) is 14.4 Å². The molecule has 4 rings (SSSR count). The molecule has 0 bridgehead atoms. The van der Waals surface area contributed by atoms with Crippen LogP contribution < -0.4 is 35.6 Å². The number of amides is 2. The Labute approximate surface area is 271 Å². The van der Waals surface area contributed by atoms with Gasteiger partial charge < -0.3 is 34.9 Å². The Balaban J connectivity index is 1.80. The third-order valence-electron chi connectivity index (χ3n) is 7.94. The fourth-order valence-corrected chi connectivity index (χ4v) is 6.19. The Morgan fingerprint density at radius 3 is 2.43 bits per heavy atom. The lowest BCUT2D eigenvalue weighted by Gasteiger charge is -2.23. The molecule has 1 heterocycles. The fraction of sp³-hybridized carbons (Fsp3) is 0.424. The lowest BCUT2D eigenvalue weighted by molar-refractivity contribution is -0.120. The average Bonchev–Trinajstić information content (AvgIpc) is 3.38. The van der Waals surface area contributed by atoms with Gasteiger partial charge in [0.1, 0.15) is 6.04 Å². The van der Waals surface area contributed by atoms with E-state index in [2.05, 4.69) is 20.9 Å². The summed E-state index contributed by atoms with van der Waals surface area (Å²) >= 11 is 1.10. The molecule has 3 N–H and O–H groups in total. The quantitative estimate of drug-likeness (QED) is 0.229. The topological polar surface area (TPSA) is 154 Å². The second-order valence-corrected chi connectivity index (χ2v) is 11.7. The van der Waals surface area contributed by atoms with Crippen LogP contribution in [-0.4, -0.2) is 56.7 Å². The number of esters is 1. The number of hydrogen-bond acceptors (Lipinski definition) is 11. The number of aryl methyl sites for hydroxylation is 1. The number of nitrogens with one attached hydrogen (secondary N) is 3. The predicted octanol–water partition coefficient (Wildman–Crippen LogP) is 4.96. The summed E-state index contributed by atoms with van der Waals surface area (Å²) in [6.45, 7) is 7.19. The van der Waals surface area contributed by atoms with Crippen LogP contribution >= 0.6 is 11.3 Å². The number of ether oxygens (including phenoxy) is 4. The van der Waals surface area contributed by atoms with Gasteiger partial charge in [-0.05, 0) is 60.6 Å². The highest BCUT2D eigenvalue weighted by atomic mass is 32.1. The number of rotatable bonds is 12. The van der Waals surface area contributed by atoms with Crippen molar-refractivity contribution in [2.75, 3.05) is 38.6 Å². The second-order valence-electron chi connectivity index (χ2n) is 10.9. The van der Waals surface area contributed by atoms with Crippen LogP contribution in [0.4, 0.5) is 10.8 Å². The zero-order valence-electron chi connectivity index (χ0n) is 27.1. The van der Waals surface area contributed by atoms with Crippen LogP contribution in [0.2, 0.25) is 0 Å². The number of aromatic nitrogens is 1. The molecule has 13 heteroatoms. The van der Waals surface area contributed by atoms with Crippen molar-refractivity contribution >= 4 is 39.9 Å². The summed E-state index contributed by atoms with van der Waals surface area (Å²) in [4.78, 5) is 55.9. The number of benzene rings is 1. The molecule has 0 spiro atoms. The number of carbonyl (C=O) groups is 3. The van der Waals surface area contributed by atoms with Crippen molar-refractivity contribution in [2.45, 2.75) is 59.0 Å². The van der Waals surface area contributed by atoms with Crippen LogP contribution in [0.15, 0.2) is 34.4 Å². The van der Waals surface area contributed by atoms with E-state index in [1.165, 1.54) is 32.6 Å². The standard InChI is InChI=1S/C33H40N4O8S/c1-8-17(3)28(31(40)37-33-36-24(16-46-33)32(41)45-9-2)35-23-13-11-20-21(15-25(23)39)22(34-18(4)38)12-10-19-14-26(42-5)29(43-6)30(44-7)27(19)20/h11,13-17,22,28H,8-10,12H2,1-7H3,(H,34,38)(H,35,39)(H,36,37,40)/t17-,22-,28-/m1/s1. The maximum absolute atomic E-state index is 13.8. The van der Waals surface area contributed by atoms with E-state index in [9.17, 15) is 19.2 Å². The molecule has 46 heavy (non-hydrogen) atoms. The minimum Gasteiger partial charge on any atom is -0.493 e. The number of hydrogen-bond donors (Lipinski definition) is 3. The van der Waals surface area contributed by atoms with Crippen molar-refractivity contribution in [3.8, 4) is 28.4 Å². The first-order valence-electron chi connectivity index (χ1n) is 15.0. The van der Waals surface area contributed by atoms with Gasteiger partial charge >= 0.3 is 5.97 Å². The van der Waals surface area contributed by atoms with E-state index >= 15 is 0 Å². The van der Waals surface area contributed by atoms with Crippen molar-refractivity contribution in [1.29, 1.82) is 0 Å². The summed E-state index contributed by atoms with van der Waals surface area (Å²) in [5, 5.41) is 10.7. The number of nitrogens with zero attached hydrogens (tertiary/aromatic N) is 1. The zero-order valence-corrected chi connectivity index (χ0v) is 27.9. The molecule has 0 saturated heterocycles. The third-order valence-corrected chi connectivity index (χ3v) is 8.70. The molecule has 1 aliphatic rings. The highest BCUT2D eigenvalue weighted by molar-refractivity contribution is 7.14. The molecule has 12 nitrogen and oxygen atoms in total. The van der Waals surface area contributed by atoms with Gasteiger partial charge in [-0.1, -0.05) is 26.3 Å². The fourth-order valence-electron chi connectivity index (χ4n) is 5.51. The molecular formula is C33H40N4O8S. The highest BCUT2D eigenvalue weighted by Crippen LogP contribution is 2.50. The van der Waals surface area contributed by atoms with Crippen LogP contribution in [0.25, 0.3) is 11.1 Å². The monoisotopic (exact) mass is 652 g/mol. The molecule has 0 saturated carbocycles. The van der Waals surface area contributed by atoms with Crippen LogP contribution in [0.1, 0.15) is 68.2 Å². The SMILES string of the molecule is CCOC(=O)c1csc(NC(=O)[C@H](Nc2ccc3c(cc2=O)[C@H](NC(C)=O)CCc2cc(OC)c(OC)c(OC)c2-3)[C@H](C)CC)n1. The van der Waals surface area contributed by atoms with Crippen molar-refractivity contribution in [2.24, 2.45) is 5.92 Å². The first-order chi connectivity index (χ1) is 22.1. The van der Waals surface area contributed by atoms with Gasteiger partial charge in [0.05, 0.1) is 39.7 Å². The minimum absolute atomic E-state index is 0.104. The Hall–Kier alpha value is -4.65. The van der Waals surface area contributed by atoms with Crippen LogP contribution in [0.3, 0.4) is 0 Å². The summed E-state index contributed by atoms with van der Waals surface area (Å²) in [5.74, 6) is -0.0532. The molecule has 0 radical (unpaired) electrons. The Kier molecular flexibility index (Phi) is 11.2. The average molecular weight is 653 g/mol. The number of fused-ring (bicyclic) bond motifs is 3. The van der Waals surface area contributed by atoms with Gasteiger partial charge in [-0.2, -0.15) is 0 Å². The molecule has 3 aromatic rings. The normalized spacial score (nSPS) is 14.8. The lowest BCUT2D eigenvalue weighted by atomic mass is 9.95. The maximum atomic E-state index is 13.8. The van der Waals surface area contributed by atoms with Crippen molar-refractivity contribution in [3.63, 3.8) is 0 Å². The second kappa shape index (κ2) is 15.1. The summed E-state index contributed by atoms with van der Waals surface area (Å²) in [5.41, 5.74) is 2.85. The van der Waals surface area contributed by atoms with Gasteiger partial charge in [0.15, 0.2) is 22.3 Å². The Morgan fingerprint density at radius 1 is 1.07 bits per heavy atom. The Morgan fingerprint density at radius 2 is 1.80 bits per heavy atom. The largest absolute Gasteiger partial charge is 0.493 e. The van der Waals surface area contributed by atoms with Gasteiger partial charge in [0.25, 0.3) is 0 Å². The van der Waals surface area contributed by atoms with E-state index in [1.54, 1.807) is 26.2 Å². The first kappa shape index (κ1) is 34.2. The van der Waals surface area contributed by atoms with Crippen LogP contribution in [0, 0.1) is 5.92 Å². The molecular weight excluding hydrogens is 612 g/mol. The summed E-state index contributed by atoms with van der Waals surface area (Å²) in [7, 11) is 4.61. The van der Waals surface area contributed by atoms with Crippen molar-refractivity contribution < 1.29 is 33.3 Å². The molecule has 2 aromatic carbocycles. The van der Waals surface area contributed by atoms with Gasteiger partial charge in [-0.15, -0.1) is 11.3 Å². The van der Waals surface area contributed by atoms with E-state index < -0.39 is 24.0 Å². The van der Waals surface area contributed by atoms with Crippen molar-refractivity contribution in [3.05, 3.63) is 56.7 Å². The molecule has 1 aromatic heterocycles. The lowest BCUT2D eigenvalue weighted by Crippen LogP contribution is -2.40. The number of methoxy groups -OCH3 is 3. The van der Waals surface area contributed by atoms with E-state index in [-0.39, 0.29) is 40.4 Å². The molecule has 3 atom stereocenters. The molecule has 0 unspecified atom stereocenters. The van der Waals surface area contributed by atoms with Gasteiger partial charge in [-0.25, -0.2) is 9.78 Å². The summed E-state index contributed by atoms with van der Waals surface area (Å²) < 4.78 is 22.1. The highest BCUT2D eigenvalue weighted by Gasteiger charge is 2.31. The molecule has 246 valence electrons. The zero-order chi connectivity index (χ0) is 33.5.